The van der Waals surface area contributed by atoms with E-state index < -0.39 is 11.2 Å². The minimum Gasteiger partial charge on any atom is -0.296 e. The molecule has 0 fully saturated rings. The van der Waals surface area contributed by atoms with Crippen LogP contribution in [0.5, 0.6) is 0 Å². The van der Waals surface area contributed by atoms with Gasteiger partial charge in [-0.15, -0.1) is 0 Å². The number of carbonyl (C=O) groups excluding carboxylic acids is 1. The first kappa shape index (κ1) is 17.4. The molecule has 0 aliphatic carbocycles. The molecule has 27 heavy (non-hydrogen) atoms. The molecule has 1 aliphatic rings. The lowest BCUT2D eigenvalue weighted by atomic mass is 10.1. The molecule has 4 rings (SSSR count). The van der Waals surface area contributed by atoms with Gasteiger partial charge in [-0.05, 0) is 17.7 Å². The fraction of sp³-hybridized carbons (Fsp3) is 0.235. The third-order valence-electron chi connectivity index (χ3n) is 4.52. The fourth-order valence-electron chi connectivity index (χ4n) is 3.10. The molecule has 0 N–H and O–H groups in total. The molecule has 3 aromatic rings. The quantitative estimate of drug-likeness (QED) is 0.574. The highest BCUT2D eigenvalue weighted by atomic mass is 79.9. The van der Waals surface area contributed by atoms with Gasteiger partial charge in [0.15, 0.2) is 11.2 Å². The highest BCUT2D eigenvalue weighted by Crippen LogP contribution is 2.25. The van der Waals surface area contributed by atoms with Crippen molar-refractivity contribution in [1.29, 1.82) is 0 Å². The Morgan fingerprint density at radius 3 is 2.41 bits per heavy atom. The van der Waals surface area contributed by atoms with E-state index in [-0.39, 0.29) is 29.6 Å². The Bertz CT molecular complexity index is 1250. The van der Waals surface area contributed by atoms with Crippen LogP contribution in [0.15, 0.2) is 43.4 Å². The van der Waals surface area contributed by atoms with Crippen molar-refractivity contribution in [1.82, 2.24) is 18.7 Å². The van der Waals surface area contributed by atoms with Gasteiger partial charge in [-0.1, -0.05) is 28.1 Å². The number of aromatic nitrogens is 4. The number of hydrogen-bond donors (Lipinski definition) is 0. The van der Waals surface area contributed by atoms with Gasteiger partial charge in [0, 0.05) is 25.5 Å². The normalized spacial score (nSPS) is 13.6. The summed E-state index contributed by atoms with van der Waals surface area (Å²) in [6.45, 7) is 1.62. The maximum Gasteiger partial charge on any atom is 0.332 e. The van der Waals surface area contributed by atoms with Crippen molar-refractivity contribution >= 4 is 44.7 Å². The highest BCUT2D eigenvalue weighted by molar-refractivity contribution is 9.10. The molecule has 2 aromatic heterocycles. The molecule has 138 valence electrons. The van der Waals surface area contributed by atoms with Gasteiger partial charge in [-0.25, -0.2) is 4.79 Å². The van der Waals surface area contributed by atoms with Gasteiger partial charge in [-0.3, -0.25) is 23.3 Å². The zero-order chi connectivity index (χ0) is 19.5. The minimum atomic E-state index is -0.480. The molecular weight excluding hydrogens is 416 g/mol. The number of fused-ring (bicyclic) bond motifs is 3. The van der Waals surface area contributed by atoms with Crippen LogP contribution in [0, 0.1) is 0 Å². The van der Waals surface area contributed by atoms with Gasteiger partial charge in [-0.2, -0.15) is 15.1 Å². The van der Waals surface area contributed by atoms with E-state index in [1.54, 1.807) is 4.57 Å². The standard InChI is InChI=1S/C17H15BrN6O3/c1-9(25)24-16-19-14-13(15(26)22(3)17(27)21(14)2)23(16)8-12(20-24)10-4-6-11(18)7-5-10/h4-7H,8H2,1-3H3. The Balaban J connectivity index is 2.01. The van der Waals surface area contributed by atoms with Gasteiger partial charge in [0.25, 0.3) is 5.56 Å². The maximum atomic E-state index is 12.7. The molecule has 0 atom stereocenters. The Hall–Kier alpha value is -3.01. The van der Waals surface area contributed by atoms with E-state index in [4.69, 9.17) is 0 Å². The summed E-state index contributed by atoms with van der Waals surface area (Å²) in [6, 6.07) is 7.50. The van der Waals surface area contributed by atoms with Crippen molar-refractivity contribution in [3.05, 3.63) is 55.1 Å². The molecule has 0 saturated carbocycles. The van der Waals surface area contributed by atoms with Gasteiger partial charge < -0.3 is 0 Å². The Morgan fingerprint density at radius 1 is 1.11 bits per heavy atom. The van der Waals surface area contributed by atoms with E-state index in [0.29, 0.717) is 5.71 Å². The third kappa shape index (κ3) is 2.55. The number of hydrazone groups is 1. The van der Waals surface area contributed by atoms with Crippen LogP contribution in [-0.4, -0.2) is 30.3 Å². The number of hydrogen-bond acceptors (Lipinski definition) is 5. The first-order chi connectivity index (χ1) is 12.8. The molecule has 9 nitrogen and oxygen atoms in total. The first-order valence-electron chi connectivity index (χ1n) is 8.10. The number of imidazole rings is 1. The van der Waals surface area contributed by atoms with E-state index in [1.165, 1.54) is 25.6 Å². The second-order valence-corrected chi connectivity index (χ2v) is 7.18. The Morgan fingerprint density at radius 2 is 1.78 bits per heavy atom. The molecule has 3 heterocycles. The monoisotopic (exact) mass is 430 g/mol. The molecule has 0 bridgehead atoms. The average molecular weight is 431 g/mol. The summed E-state index contributed by atoms with van der Waals surface area (Å²) in [5.74, 6) is -0.126. The van der Waals surface area contributed by atoms with E-state index >= 15 is 0 Å². The van der Waals surface area contributed by atoms with Crippen molar-refractivity contribution in [3.63, 3.8) is 0 Å². The van der Waals surface area contributed by atoms with Crippen molar-refractivity contribution in [3.8, 4) is 0 Å². The van der Waals surface area contributed by atoms with Crippen LogP contribution in [0.25, 0.3) is 11.2 Å². The van der Waals surface area contributed by atoms with Crippen LogP contribution in [0.1, 0.15) is 12.5 Å². The fourth-order valence-corrected chi connectivity index (χ4v) is 3.36. The summed E-state index contributed by atoms with van der Waals surface area (Å²) in [7, 11) is 2.96. The van der Waals surface area contributed by atoms with Gasteiger partial charge >= 0.3 is 5.69 Å². The second-order valence-electron chi connectivity index (χ2n) is 6.26. The van der Waals surface area contributed by atoms with Crippen LogP contribution in [0.2, 0.25) is 0 Å². The summed E-state index contributed by atoms with van der Waals surface area (Å²) in [4.78, 5) is 41.5. The van der Waals surface area contributed by atoms with Crippen LogP contribution in [0.4, 0.5) is 5.95 Å². The number of carbonyl (C=O) groups is 1. The molecule has 0 spiro atoms. The lowest BCUT2D eigenvalue weighted by Gasteiger charge is -2.23. The van der Waals surface area contributed by atoms with Crippen molar-refractivity contribution < 1.29 is 4.79 Å². The zero-order valence-electron chi connectivity index (χ0n) is 14.8. The number of aryl methyl sites for hydroxylation is 1. The Kier molecular flexibility index (Phi) is 3.88. The number of nitrogens with zero attached hydrogens (tertiary/aromatic N) is 6. The van der Waals surface area contributed by atoms with Crippen molar-refractivity contribution in [2.75, 3.05) is 5.01 Å². The van der Waals surface area contributed by atoms with Crippen LogP contribution < -0.4 is 16.3 Å². The summed E-state index contributed by atoms with van der Waals surface area (Å²) in [5.41, 5.74) is 0.958. The largest absolute Gasteiger partial charge is 0.332 e. The number of anilines is 1. The molecular formula is C17H15BrN6O3. The van der Waals surface area contributed by atoms with Gasteiger partial charge in [0.2, 0.25) is 11.9 Å². The van der Waals surface area contributed by atoms with E-state index in [9.17, 15) is 14.4 Å². The SMILES string of the molecule is CC(=O)N1N=C(c2ccc(Br)cc2)Cn2c1nc1c2c(=O)n(C)c(=O)n1C. The van der Waals surface area contributed by atoms with Crippen molar-refractivity contribution in [2.24, 2.45) is 19.2 Å². The number of amides is 1. The van der Waals surface area contributed by atoms with E-state index in [0.717, 1.165) is 19.6 Å². The van der Waals surface area contributed by atoms with E-state index in [1.807, 2.05) is 24.3 Å². The molecule has 1 aliphatic heterocycles. The van der Waals surface area contributed by atoms with Crippen LogP contribution in [0.3, 0.4) is 0 Å². The average Bonchev–Trinajstić information content (AvgIpc) is 3.04. The number of halogens is 1. The smallest absolute Gasteiger partial charge is 0.296 e. The highest BCUT2D eigenvalue weighted by Gasteiger charge is 2.29. The molecule has 1 aromatic carbocycles. The Labute approximate surface area is 161 Å². The van der Waals surface area contributed by atoms with E-state index in [2.05, 4.69) is 26.0 Å². The van der Waals surface area contributed by atoms with Crippen LogP contribution in [-0.2, 0) is 25.4 Å². The summed E-state index contributed by atoms with van der Waals surface area (Å²) >= 11 is 3.39. The zero-order valence-corrected chi connectivity index (χ0v) is 16.4. The number of benzene rings is 1. The molecule has 0 radical (unpaired) electrons. The molecule has 0 saturated heterocycles. The van der Waals surface area contributed by atoms with Crippen molar-refractivity contribution in [2.45, 2.75) is 13.5 Å². The molecule has 10 heteroatoms. The summed E-state index contributed by atoms with van der Waals surface area (Å²) in [5, 5.41) is 5.59. The third-order valence-corrected chi connectivity index (χ3v) is 5.05. The van der Waals surface area contributed by atoms with Crippen LogP contribution >= 0.6 is 15.9 Å². The van der Waals surface area contributed by atoms with Gasteiger partial charge in [0.1, 0.15) is 0 Å². The minimum absolute atomic E-state index is 0.219. The summed E-state index contributed by atoms with van der Waals surface area (Å²) < 4.78 is 4.87. The predicted molar refractivity (Wildman–Crippen MR) is 104 cm³/mol. The molecule has 0 unspecified atom stereocenters. The first-order valence-corrected chi connectivity index (χ1v) is 8.89. The van der Waals surface area contributed by atoms with Gasteiger partial charge in [0.05, 0.1) is 12.3 Å². The second kappa shape index (κ2) is 6.02. The molecule has 1 amide bonds. The lowest BCUT2D eigenvalue weighted by Crippen LogP contribution is -2.38. The number of rotatable bonds is 1. The lowest BCUT2D eigenvalue weighted by molar-refractivity contribution is -0.116. The maximum absolute atomic E-state index is 12.7. The predicted octanol–water partition coefficient (Wildman–Crippen LogP) is 0.967. The topological polar surface area (TPSA) is 94.5 Å². The summed E-state index contributed by atoms with van der Waals surface area (Å²) in [6.07, 6.45) is 0.